The Labute approximate surface area is 256 Å². The molecule has 0 aliphatic carbocycles. The van der Waals surface area contributed by atoms with Crippen LogP contribution in [-0.4, -0.2) is 39.8 Å². The topological polar surface area (TPSA) is 125 Å². The zero-order valence-electron chi connectivity index (χ0n) is 24.1. The molecule has 4 aromatic rings. The molecule has 0 atom stereocenters. The number of hydrogen-bond donors (Lipinski definition) is 2. The Hall–Kier alpha value is -4.48. The predicted molar refractivity (Wildman–Crippen MR) is 165 cm³/mol. The molecule has 12 heteroatoms. The van der Waals surface area contributed by atoms with Gasteiger partial charge in [-0.25, -0.2) is 18.2 Å². The fourth-order valence-corrected chi connectivity index (χ4v) is 5.03. The second-order valence-corrected chi connectivity index (χ2v) is 12.3. The first-order valence-corrected chi connectivity index (χ1v) is 15.1. The van der Waals surface area contributed by atoms with Crippen LogP contribution in [0.3, 0.4) is 0 Å². The van der Waals surface area contributed by atoms with Crippen LogP contribution in [0.5, 0.6) is 23.0 Å². The molecule has 10 nitrogen and oxygen atoms in total. The molecule has 3 aromatic carbocycles. The second-order valence-electron chi connectivity index (χ2n) is 10.2. The molecule has 0 aliphatic rings. The number of para-hydroxylation sites is 1. The Morgan fingerprint density at radius 2 is 1.70 bits per heavy atom. The molecule has 43 heavy (non-hydrogen) atoms. The first-order chi connectivity index (χ1) is 20.5. The number of pyridine rings is 1. The van der Waals surface area contributed by atoms with Gasteiger partial charge in [0.2, 0.25) is 0 Å². The maximum absolute atomic E-state index is 13.4. The number of sulfonamides is 1. The van der Waals surface area contributed by atoms with Crippen molar-refractivity contribution in [3.8, 4) is 23.0 Å². The molecule has 0 spiro atoms. The molecule has 2 N–H and O–H groups in total. The Morgan fingerprint density at radius 3 is 2.37 bits per heavy atom. The Morgan fingerprint density at radius 1 is 0.930 bits per heavy atom. The van der Waals surface area contributed by atoms with Crippen LogP contribution < -0.4 is 24.2 Å². The van der Waals surface area contributed by atoms with Gasteiger partial charge in [-0.1, -0.05) is 56.6 Å². The van der Waals surface area contributed by atoms with Gasteiger partial charge in [-0.05, 0) is 59.5 Å². The van der Waals surface area contributed by atoms with Crippen molar-refractivity contribution in [2.75, 3.05) is 30.4 Å². The lowest BCUT2D eigenvalue weighted by molar-refractivity contribution is 0.137. The Kier molecular flexibility index (Phi) is 9.99. The maximum Gasteiger partial charge on any atom is 0.412 e. The number of amides is 1. The number of nitrogens with zero attached hydrogens (tertiary/aromatic N) is 1. The molecule has 0 fully saturated rings. The summed E-state index contributed by atoms with van der Waals surface area (Å²) in [6, 6.07) is 21.3. The van der Waals surface area contributed by atoms with Gasteiger partial charge in [0.05, 0.1) is 22.7 Å². The van der Waals surface area contributed by atoms with E-state index in [1.54, 1.807) is 72.8 Å². The number of benzene rings is 3. The summed E-state index contributed by atoms with van der Waals surface area (Å²) in [7, 11) is -2.52. The van der Waals surface area contributed by atoms with Crippen molar-refractivity contribution in [2.45, 2.75) is 31.1 Å². The minimum Gasteiger partial charge on any atom is -0.497 e. The number of nitrogens with one attached hydrogen (secondary N) is 2. The number of rotatable bonds is 11. The molecule has 0 aliphatic heterocycles. The van der Waals surface area contributed by atoms with Crippen molar-refractivity contribution in [3.63, 3.8) is 0 Å². The quantitative estimate of drug-likeness (QED) is 0.167. The molecule has 1 heterocycles. The summed E-state index contributed by atoms with van der Waals surface area (Å²) in [6.45, 7) is 5.96. The average molecular weight is 626 g/mol. The number of hydrogen-bond acceptors (Lipinski definition) is 8. The van der Waals surface area contributed by atoms with E-state index in [1.165, 1.54) is 19.4 Å². The molecule has 4 rings (SSSR count). The van der Waals surface area contributed by atoms with Gasteiger partial charge in [0.25, 0.3) is 10.0 Å². The van der Waals surface area contributed by atoms with E-state index in [2.05, 4.69) is 15.0 Å². The zero-order valence-corrected chi connectivity index (χ0v) is 25.7. The third kappa shape index (κ3) is 8.52. The lowest BCUT2D eigenvalue weighted by Crippen LogP contribution is -2.18. The predicted octanol–water partition coefficient (Wildman–Crippen LogP) is 7.26. The average Bonchev–Trinajstić information content (AvgIpc) is 2.97. The molecule has 226 valence electrons. The lowest BCUT2D eigenvalue weighted by Gasteiger charge is -2.20. The standard InChI is InChI=1S/C31H32ClN3O7S/c1-31(2,3)21-11-14-23(15-12-21)43(37,38)35-25-8-7-9-26(29(25)42-27-20-22(39-4)13-16-24(27)32)40-18-19-41-30(36)34-28-10-5-6-17-33-28/h5-17,20,35H,18-19H2,1-4H3,(H,33,34,36). The molecule has 0 bridgehead atoms. The van der Waals surface area contributed by atoms with Crippen molar-refractivity contribution in [3.05, 3.63) is 95.6 Å². The smallest absolute Gasteiger partial charge is 0.412 e. The van der Waals surface area contributed by atoms with Gasteiger partial charge in [-0.15, -0.1) is 0 Å². The number of halogens is 1. The van der Waals surface area contributed by atoms with Gasteiger partial charge in [0.15, 0.2) is 11.5 Å². The summed E-state index contributed by atoms with van der Waals surface area (Å²) in [4.78, 5) is 16.2. The summed E-state index contributed by atoms with van der Waals surface area (Å²) < 4.78 is 51.9. The van der Waals surface area contributed by atoms with E-state index < -0.39 is 16.1 Å². The lowest BCUT2D eigenvalue weighted by atomic mass is 9.87. The van der Waals surface area contributed by atoms with Crippen LogP contribution in [0.25, 0.3) is 0 Å². The minimum absolute atomic E-state index is 0.0467. The fraction of sp³-hybridized carbons (Fsp3) is 0.226. The van der Waals surface area contributed by atoms with Crippen LogP contribution in [-0.2, 0) is 20.2 Å². The van der Waals surface area contributed by atoms with Crippen molar-refractivity contribution in [2.24, 2.45) is 0 Å². The fourth-order valence-electron chi connectivity index (χ4n) is 3.82. The third-order valence-corrected chi connectivity index (χ3v) is 7.77. The number of carbonyl (C=O) groups is 1. The zero-order chi connectivity index (χ0) is 31.0. The van der Waals surface area contributed by atoms with Crippen LogP contribution in [0, 0.1) is 0 Å². The maximum atomic E-state index is 13.4. The SMILES string of the molecule is COc1ccc(Cl)c(Oc2c(NS(=O)(=O)c3ccc(C(C)(C)C)cc3)cccc2OCCOC(=O)Nc2ccccn2)c1. The van der Waals surface area contributed by atoms with Crippen LogP contribution in [0.2, 0.25) is 5.02 Å². The third-order valence-electron chi connectivity index (χ3n) is 6.07. The van der Waals surface area contributed by atoms with Crippen molar-refractivity contribution >= 4 is 39.2 Å². The van der Waals surface area contributed by atoms with Gasteiger partial charge < -0.3 is 18.9 Å². The van der Waals surface area contributed by atoms with Gasteiger partial charge in [-0.2, -0.15) is 0 Å². The molecular weight excluding hydrogens is 594 g/mol. The van der Waals surface area contributed by atoms with Crippen molar-refractivity contribution < 1.29 is 32.2 Å². The number of methoxy groups -OCH3 is 1. The highest BCUT2D eigenvalue weighted by atomic mass is 35.5. The first kappa shape index (κ1) is 31.5. The molecule has 0 saturated heterocycles. The van der Waals surface area contributed by atoms with Crippen LogP contribution in [0.4, 0.5) is 16.3 Å². The number of anilines is 2. The summed E-state index contributed by atoms with van der Waals surface area (Å²) in [5.41, 5.74) is 0.959. The van der Waals surface area contributed by atoms with E-state index in [0.717, 1.165) is 5.56 Å². The molecule has 0 radical (unpaired) electrons. The van der Waals surface area contributed by atoms with E-state index in [0.29, 0.717) is 11.6 Å². The molecule has 0 saturated carbocycles. The van der Waals surface area contributed by atoms with Gasteiger partial charge in [0.1, 0.15) is 30.5 Å². The summed E-state index contributed by atoms with van der Waals surface area (Å²) >= 11 is 6.39. The van der Waals surface area contributed by atoms with Gasteiger partial charge >= 0.3 is 6.09 Å². The van der Waals surface area contributed by atoms with Crippen LogP contribution in [0.15, 0.2) is 90.0 Å². The summed E-state index contributed by atoms with van der Waals surface area (Å²) in [5, 5.41) is 2.77. The summed E-state index contributed by atoms with van der Waals surface area (Å²) in [6.07, 6.45) is 0.831. The largest absolute Gasteiger partial charge is 0.497 e. The molecule has 0 unspecified atom stereocenters. The monoisotopic (exact) mass is 625 g/mol. The highest BCUT2D eigenvalue weighted by Crippen LogP contribution is 2.42. The highest BCUT2D eigenvalue weighted by Gasteiger charge is 2.22. The van der Waals surface area contributed by atoms with Crippen molar-refractivity contribution in [1.82, 2.24) is 4.98 Å². The van der Waals surface area contributed by atoms with Gasteiger partial charge in [0, 0.05) is 12.3 Å². The number of aromatic nitrogens is 1. The normalized spacial score (nSPS) is 11.4. The van der Waals surface area contributed by atoms with Crippen molar-refractivity contribution in [1.29, 1.82) is 0 Å². The van der Waals surface area contributed by atoms with E-state index in [4.69, 9.17) is 30.5 Å². The van der Waals surface area contributed by atoms with E-state index in [9.17, 15) is 13.2 Å². The van der Waals surface area contributed by atoms with Crippen LogP contribution in [0.1, 0.15) is 26.3 Å². The Bertz CT molecular complexity index is 1660. The highest BCUT2D eigenvalue weighted by molar-refractivity contribution is 7.92. The van der Waals surface area contributed by atoms with E-state index >= 15 is 0 Å². The molecular formula is C31H32ClN3O7S. The molecule has 1 aromatic heterocycles. The molecule has 1 amide bonds. The summed E-state index contributed by atoms with van der Waals surface area (Å²) in [5.74, 6) is 1.25. The van der Waals surface area contributed by atoms with E-state index in [1.807, 2.05) is 20.8 Å². The minimum atomic E-state index is -4.02. The second kappa shape index (κ2) is 13.7. The number of ether oxygens (including phenoxy) is 4. The van der Waals surface area contributed by atoms with Gasteiger partial charge in [-0.3, -0.25) is 10.0 Å². The Balaban J connectivity index is 1.57. The number of carbonyl (C=O) groups excluding carboxylic acids is 1. The van der Waals surface area contributed by atoms with E-state index in [-0.39, 0.29) is 51.5 Å². The van der Waals surface area contributed by atoms with Crippen LogP contribution >= 0.6 is 11.6 Å². The first-order valence-electron chi connectivity index (χ1n) is 13.2.